The monoisotopic (exact) mass is 359 g/mol. The van der Waals surface area contributed by atoms with E-state index in [0.717, 1.165) is 32.5 Å². The smallest absolute Gasteiger partial charge is 0.230 e. The molecule has 1 N–H and O–H groups in total. The van der Waals surface area contributed by atoms with Crippen LogP contribution in [0.1, 0.15) is 31.2 Å². The molecule has 6 heteroatoms. The molecular formula is C17H27Cl2N3O. The lowest BCUT2D eigenvalue weighted by Crippen LogP contribution is -2.48. The molecule has 0 radical (unpaired) electrons. The van der Waals surface area contributed by atoms with Crippen molar-refractivity contribution in [3.05, 3.63) is 30.1 Å². The van der Waals surface area contributed by atoms with Gasteiger partial charge in [0.15, 0.2) is 0 Å². The molecule has 3 rings (SSSR count). The van der Waals surface area contributed by atoms with Crippen molar-refractivity contribution in [2.45, 2.75) is 32.1 Å². The summed E-state index contributed by atoms with van der Waals surface area (Å²) < 4.78 is 0. The standard InChI is InChI=1S/C17H25N3O.2ClH/c1-20(11-7-14-5-9-18-10-6-14)16(21)17-8-3-2-4-15(17)12-19-13-17;;/h5-6,9-10,15,19H,2-4,7-8,11-13H2,1H3;2*1H/t15-,17+;;/m0../s1. The van der Waals surface area contributed by atoms with Crippen LogP contribution in [0, 0.1) is 11.3 Å². The predicted octanol–water partition coefficient (Wildman–Crippen LogP) is 2.71. The average Bonchev–Trinajstić information content (AvgIpc) is 2.98. The predicted molar refractivity (Wildman–Crippen MR) is 97.3 cm³/mol. The van der Waals surface area contributed by atoms with E-state index in [1.165, 1.54) is 24.8 Å². The van der Waals surface area contributed by atoms with Gasteiger partial charge in [-0.25, -0.2) is 0 Å². The van der Waals surface area contributed by atoms with E-state index >= 15 is 0 Å². The van der Waals surface area contributed by atoms with Gasteiger partial charge in [-0.15, -0.1) is 24.8 Å². The van der Waals surface area contributed by atoms with E-state index in [1.807, 2.05) is 36.5 Å². The summed E-state index contributed by atoms with van der Waals surface area (Å²) >= 11 is 0. The Hall–Kier alpha value is -0.840. The van der Waals surface area contributed by atoms with Crippen LogP contribution in [0.3, 0.4) is 0 Å². The van der Waals surface area contributed by atoms with Crippen molar-refractivity contribution in [2.24, 2.45) is 11.3 Å². The fourth-order valence-corrected chi connectivity index (χ4v) is 4.00. The van der Waals surface area contributed by atoms with Crippen LogP contribution in [0.25, 0.3) is 0 Å². The minimum atomic E-state index is -0.120. The minimum absolute atomic E-state index is 0. The summed E-state index contributed by atoms with van der Waals surface area (Å²) in [5.74, 6) is 0.897. The molecule has 0 spiro atoms. The van der Waals surface area contributed by atoms with E-state index in [2.05, 4.69) is 10.3 Å². The minimum Gasteiger partial charge on any atom is -0.345 e. The molecule has 23 heavy (non-hydrogen) atoms. The quantitative estimate of drug-likeness (QED) is 0.898. The number of halogens is 2. The zero-order valence-electron chi connectivity index (χ0n) is 13.7. The summed E-state index contributed by atoms with van der Waals surface area (Å²) in [4.78, 5) is 19.0. The topological polar surface area (TPSA) is 45.2 Å². The first-order chi connectivity index (χ1) is 10.2. The van der Waals surface area contributed by atoms with Gasteiger partial charge in [0.1, 0.15) is 0 Å². The van der Waals surface area contributed by atoms with E-state index < -0.39 is 0 Å². The van der Waals surface area contributed by atoms with E-state index in [-0.39, 0.29) is 30.2 Å². The highest BCUT2D eigenvalue weighted by Gasteiger charge is 2.50. The number of likely N-dealkylation sites (N-methyl/N-ethyl adjacent to an activating group) is 1. The molecule has 2 atom stereocenters. The van der Waals surface area contributed by atoms with Crippen molar-refractivity contribution in [2.75, 3.05) is 26.7 Å². The third-order valence-electron chi connectivity index (χ3n) is 5.30. The molecule has 0 aromatic carbocycles. The Morgan fingerprint density at radius 2 is 2.09 bits per heavy atom. The lowest BCUT2D eigenvalue weighted by molar-refractivity contribution is -0.143. The molecule has 2 aliphatic rings. The van der Waals surface area contributed by atoms with Crippen LogP contribution in [-0.4, -0.2) is 42.5 Å². The van der Waals surface area contributed by atoms with Crippen LogP contribution in [0.15, 0.2) is 24.5 Å². The highest BCUT2D eigenvalue weighted by atomic mass is 35.5. The molecule has 130 valence electrons. The third kappa shape index (κ3) is 4.17. The Balaban J connectivity index is 0.00000132. The molecule has 1 aliphatic carbocycles. The van der Waals surface area contributed by atoms with Gasteiger partial charge in [-0.1, -0.05) is 12.8 Å². The zero-order valence-corrected chi connectivity index (χ0v) is 15.3. The van der Waals surface area contributed by atoms with Crippen molar-refractivity contribution < 1.29 is 4.79 Å². The molecule has 2 fully saturated rings. The molecular weight excluding hydrogens is 333 g/mol. The largest absolute Gasteiger partial charge is 0.345 e. The molecule has 0 bridgehead atoms. The lowest BCUT2D eigenvalue weighted by atomic mass is 9.67. The maximum absolute atomic E-state index is 13.0. The number of nitrogens with one attached hydrogen (secondary N) is 1. The van der Waals surface area contributed by atoms with Gasteiger partial charge >= 0.3 is 0 Å². The first kappa shape index (κ1) is 20.2. The first-order valence-electron chi connectivity index (χ1n) is 8.07. The summed E-state index contributed by atoms with van der Waals surface area (Å²) in [6.07, 6.45) is 9.27. The Bertz CT molecular complexity index is 500. The van der Waals surface area contributed by atoms with Crippen LogP contribution in [-0.2, 0) is 11.2 Å². The van der Waals surface area contributed by atoms with Crippen LogP contribution in [0.4, 0.5) is 0 Å². The molecule has 0 unspecified atom stereocenters. The molecule has 1 amide bonds. The highest BCUT2D eigenvalue weighted by molar-refractivity contribution is 5.85. The molecule has 1 aliphatic heterocycles. The Labute approximate surface area is 151 Å². The Morgan fingerprint density at radius 3 is 2.83 bits per heavy atom. The number of amides is 1. The third-order valence-corrected chi connectivity index (χ3v) is 5.30. The number of aromatic nitrogens is 1. The van der Waals surface area contributed by atoms with Crippen LogP contribution in [0.5, 0.6) is 0 Å². The second-order valence-corrected chi connectivity index (χ2v) is 6.56. The van der Waals surface area contributed by atoms with Crippen molar-refractivity contribution >= 4 is 30.7 Å². The summed E-state index contributed by atoms with van der Waals surface area (Å²) in [6, 6.07) is 4.05. The molecule has 1 saturated carbocycles. The second-order valence-electron chi connectivity index (χ2n) is 6.56. The average molecular weight is 360 g/mol. The van der Waals surface area contributed by atoms with Crippen LogP contribution in [0.2, 0.25) is 0 Å². The first-order valence-corrected chi connectivity index (χ1v) is 8.07. The van der Waals surface area contributed by atoms with Crippen molar-refractivity contribution in [3.8, 4) is 0 Å². The van der Waals surface area contributed by atoms with Gasteiger partial charge in [-0.3, -0.25) is 9.78 Å². The molecule has 1 aromatic rings. The molecule has 2 heterocycles. The maximum Gasteiger partial charge on any atom is 0.230 e. The van der Waals surface area contributed by atoms with Gasteiger partial charge in [0, 0.05) is 32.5 Å². The van der Waals surface area contributed by atoms with E-state index in [9.17, 15) is 4.79 Å². The number of carbonyl (C=O) groups excluding carboxylic acids is 1. The summed E-state index contributed by atoms with van der Waals surface area (Å²) in [5, 5.41) is 3.46. The van der Waals surface area contributed by atoms with Crippen LogP contribution >= 0.6 is 24.8 Å². The van der Waals surface area contributed by atoms with E-state index in [0.29, 0.717) is 11.8 Å². The molecule has 1 saturated heterocycles. The van der Waals surface area contributed by atoms with Gasteiger partial charge in [0.2, 0.25) is 5.91 Å². The van der Waals surface area contributed by atoms with Gasteiger partial charge in [0.05, 0.1) is 5.41 Å². The SMILES string of the molecule is CN(CCc1ccncc1)C(=O)[C@@]12CCCC[C@H]1CNC2.Cl.Cl. The van der Waals surface area contributed by atoms with Gasteiger partial charge in [0.25, 0.3) is 0 Å². The summed E-state index contributed by atoms with van der Waals surface area (Å²) in [7, 11) is 1.96. The Morgan fingerprint density at radius 1 is 1.35 bits per heavy atom. The fraction of sp³-hybridized carbons (Fsp3) is 0.647. The lowest BCUT2D eigenvalue weighted by Gasteiger charge is -2.39. The number of hydrogen-bond acceptors (Lipinski definition) is 3. The number of fused-ring (bicyclic) bond motifs is 1. The van der Waals surface area contributed by atoms with Crippen LogP contribution < -0.4 is 5.32 Å². The highest BCUT2D eigenvalue weighted by Crippen LogP contribution is 2.44. The zero-order chi connectivity index (χ0) is 14.7. The van der Waals surface area contributed by atoms with Crippen molar-refractivity contribution in [1.82, 2.24) is 15.2 Å². The number of nitrogens with zero attached hydrogens (tertiary/aromatic N) is 2. The normalized spacial score (nSPS) is 25.7. The Kier molecular flexibility index (Phi) is 7.78. The number of hydrogen-bond donors (Lipinski definition) is 1. The van der Waals surface area contributed by atoms with E-state index in [4.69, 9.17) is 0 Å². The van der Waals surface area contributed by atoms with Crippen molar-refractivity contribution in [3.63, 3.8) is 0 Å². The number of rotatable bonds is 4. The van der Waals surface area contributed by atoms with Gasteiger partial charge in [-0.05, 0) is 49.4 Å². The van der Waals surface area contributed by atoms with E-state index in [1.54, 1.807) is 0 Å². The fourth-order valence-electron chi connectivity index (χ4n) is 4.00. The summed E-state index contributed by atoms with van der Waals surface area (Å²) in [6.45, 7) is 2.68. The second kappa shape index (κ2) is 8.86. The number of carbonyl (C=O) groups is 1. The maximum atomic E-state index is 13.0. The number of pyridine rings is 1. The van der Waals surface area contributed by atoms with Crippen molar-refractivity contribution in [1.29, 1.82) is 0 Å². The van der Waals surface area contributed by atoms with Gasteiger partial charge in [-0.2, -0.15) is 0 Å². The summed E-state index contributed by atoms with van der Waals surface area (Å²) in [5.41, 5.74) is 1.12. The molecule has 1 aromatic heterocycles. The molecule has 4 nitrogen and oxygen atoms in total. The van der Waals surface area contributed by atoms with Gasteiger partial charge < -0.3 is 10.2 Å².